The minimum Gasteiger partial charge on any atom is -0.356 e. The summed E-state index contributed by atoms with van der Waals surface area (Å²) in [4.78, 5) is 10.0. The summed E-state index contributed by atoms with van der Waals surface area (Å²) in [5, 5.41) is 14.8. The van der Waals surface area contributed by atoms with Crippen LogP contribution in [0, 0.1) is 17.0 Å². The molecule has 0 bridgehead atoms. The van der Waals surface area contributed by atoms with E-state index in [2.05, 4.69) is 5.16 Å². The molecule has 0 saturated heterocycles. The highest BCUT2D eigenvalue weighted by Gasteiger charge is 2.11. The third-order valence-corrected chi connectivity index (χ3v) is 1.88. The maximum Gasteiger partial charge on any atom is 0.273 e. The number of hydrogen-bond acceptors (Lipinski definition) is 4. The lowest BCUT2D eigenvalue weighted by Crippen LogP contribution is -1.88. The number of non-ortho nitro benzene ring substituents is 1. The van der Waals surface area contributed by atoms with Crippen molar-refractivity contribution in [1.29, 1.82) is 0 Å². The fourth-order valence-corrected chi connectivity index (χ4v) is 1.23. The van der Waals surface area contributed by atoms with Gasteiger partial charge >= 0.3 is 0 Å². The molecule has 2 aromatic rings. The van der Waals surface area contributed by atoms with Gasteiger partial charge in [-0.3, -0.25) is 10.1 Å². The van der Waals surface area contributed by atoms with Crippen molar-refractivity contribution in [3.05, 3.63) is 34.0 Å². The first kappa shape index (κ1) is 7.72. The molecule has 0 atom stereocenters. The van der Waals surface area contributed by atoms with Gasteiger partial charge < -0.3 is 4.52 Å². The molecule has 0 fully saturated rings. The van der Waals surface area contributed by atoms with E-state index >= 15 is 0 Å². The molecule has 2 rings (SSSR count). The molecule has 1 heterocycles. The Morgan fingerprint density at radius 3 is 3.00 bits per heavy atom. The zero-order valence-electron chi connectivity index (χ0n) is 6.85. The molecule has 5 nitrogen and oxygen atoms in total. The van der Waals surface area contributed by atoms with E-state index in [-0.39, 0.29) is 5.69 Å². The molecule has 0 saturated carbocycles. The summed E-state index contributed by atoms with van der Waals surface area (Å²) in [6, 6.07) is 2.87. The van der Waals surface area contributed by atoms with Crippen LogP contribution in [0.15, 0.2) is 22.9 Å². The number of nitro benzene ring substituents is 1. The minimum absolute atomic E-state index is 0.0294. The number of nitrogens with zero attached hydrogens (tertiary/aromatic N) is 2. The highest BCUT2D eigenvalue weighted by atomic mass is 16.6. The Kier molecular flexibility index (Phi) is 1.51. The normalized spacial score (nSPS) is 10.5. The molecule has 13 heavy (non-hydrogen) atoms. The summed E-state index contributed by atoms with van der Waals surface area (Å²) in [7, 11) is 0. The first-order chi connectivity index (χ1) is 6.18. The van der Waals surface area contributed by atoms with Gasteiger partial charge in [0.15, 0.2) is 5.58 Å². The average Bonchev–Trinajstić information content (AvgIpc) is 2.51. The number of hydrogen-bond donors (Lipinski definition) is 0. The Morgan fingerprint density at radius 2 is 2.31 bits per heavy atom. The molecule has 1 aromatic carbocycles. The lowest BCUT2D eigenvalue weighted by molar-refractivity contribution is -0.384. The molecule has 0 spiro atoms. The smallest absolute Gasteiger partial charge is 0.273 e. The molecule has 1 aromatic heterocycles. The number of fused-ring (bicyclic) bond motifs is 1. The van der Waals surface area contributed by atoms with Crippen molar-refractivity contribution < 1.29 is 9.45 Å². The van der Waals surface area contributed by atoms with Crippen LogP contribution < -0.4 is 0 Å². The quantitative estimate of drug-likeness (QED) is 0.495. The molecule has 0 aliphatic carbocycles. The van der Waals surface area contributed by atoms with Crippen LogP contribution in [0.2, 0.25) is 0 Å². The molecule has 0 amide bonds. The van der Waals surface area contributed by atoms with Crippen LogP contribution in [-0.2, 0) is 0 Å². The van der Waals surface area contributed by atoms with Crippen molar-refractivity contribution in [2.24, 2.45) is 0 Å². The van der Waals surface area contributed by atoms with Crippen LogP contribution in [0.25, 0.3) is 11.0 Å². The predicted octanol–water partition coefficient (Wildman–Crippen LogP) is 2.04. The van der Waals surface area contributed by atoms with Gasteiger partial charge in [-0.05, 0) is 12.5 Å². The average molecular weight is 178 g/mol. The van der Waals surface area contributed by atoms with Crippen LogP contribution in [0.3, 0.4) is 0 Å². The van der Waals surface area contributed by atoms with E-state index in [1.807, 2.05) is 0 Å². The van der Waals surface area contributed by atoms with Crippen LogP contribution in [-0.4, -0.2) is 10.1 Å². The Balaban J connectivity index is 2.77. The number of nitro groups is 1. The predicted molar refractivity (Wildman–Crippen MR) is 45.4 cm³/mol. The highest BCUT2D eigenvalue weighted by molar-refractivity contribution is 5.82. The Hall–Kier alpha value is -1.91. The Bertz CT molecular complexity index is 475. The molecule has 0 aliphatic heterocycles. The van der Waals surface area contributed by atoms with Gasteiger partial charge in [0.2, 0.25) is 0 Å². The molecule has 0 N–H and O–H groups in total. The molecule has 5 heteroatoms. The van der Waals surface area contributed by atoms with Crippen molar-refractivity contribution in [2.75, 3.05) is 0 Å². The van der Waals surface area contributed by atoms with Gasteiger partial charge in [0.05, 0.1) is 17.2 Å². The lowest BCUT2D eigenvalue weighted by Gasteiger charge is -1.93. The van der Waals surface area contributed by atoms with Gasteiger partial charge in [0.25, 0.3) is 5.69 Å². The zero-order valence-corrected chi connectivity index (χ0v) is 6.85. The van der Waals surface area contributed by atoms with Crippen LogP contribution in [0.1, 0.15) is 5.56 Å². The van der Waals surface area contributed by atoms with E-state index in [1.165, 1.54) is 12.1 Å². The second-order valence-corrected chi connectivity index (χ2v) is 2.76. The summed E-state index contributed by atoms with van der Waals surface area (Å²) in [5.41, 5.74) is 1.28. The van der Waals surface area contributed by atoms with Crippen LogP contribution in [0.4, 0.5) is 5.69 Å². The van der Waals surface area contributed by atoms with E-state index in [1.54, 1.807) is 13.1 Å². The number of benzene rings is 1. The van der Waals surface area contributed by atoms with Gasteiger partial charge in [-0.25, -0.2) is 0 Å². The summed E-state index contributed by atoms with van der Waals surface area (Å²) in [5.74, 6) is 0. The van der Waals surface area contributed by atoms with Crippen molar-refractivity contribution in [3.63, 3.8) is 0 Å². The molecule has 66 valence electrons. The number of aromatic nitrogens is 1. The van der Waals surface area contributed by atoms with Gasteiger partial charge in [-0.15, -0.1) is 0 Å². The summed E-state index contributed by atoms with van der Waals surface area (Å²) in [6.45, 7) is 1.78. The van der Waals surface area contributed by atoms with Gasteiger partial charge in [-0.2, -0.15) is 0 Å². The second-order valence-electron chi connectivity index (χ2n) is 2.76. The zero-order chi connectivity index (χ0) is 9.42. The molecular weight excluding hydrogens is 172 g/mol. The van der Waals surface area contributed by atoms with Crippen molar-refractivity contribution >= 4 is 16.7 Å². The maximum absolute atomic E-state index is 10.5. The van der Waals surface area contributed by atoms with E-state index in [9.17, 15) is 10.1 Å². The van der Waals surface area contributed by atoms with Crippen molar-refractivity contribution in [2.45, 2.75) is 6.92 Å². The van der Waals surface area contributed by atoms with Gasteiger partial charge in [0.1, 0.15) is 0 Å². The second kappa shape index (κ2) is 2.55. The topological polar surface area (TPSA) is 69.2 Å². The minimum atomic E-state index is -0.449. The first-order valence-electron chi connectivity index (χ1n) is 3.68. The maximum atomic E-state index is 10.5. The first-order valence-corrected chi connectivity index (χ1v) is 3.68. The lowest BCUT2D eigenvalue weighted by atomic mass is 10.1. The highest BCUT2D eigenvalue weighted by Crippen LogP contribution is 2.24. The molecule has 0 aliphatic rings. The van der Waals surface area contributed by atoms with E-state index in [0.717, 1.165) is 10.9 Å². The van der Waals surface area contributed by atoms with Crippen LogP contribution in [0.5, 0.6) is 0 Å². The van der Waals surface area contributed by atoms with Gasteiger partial charge in [0, 0.05) is 11.5 Å². The molecular formula is C8H6N2O3. The Morgan fingerprint density at radius 1 is 1.54 bits per heavy atom. The largest absolute Gasteiger partial charge is 0.356 e. The van der Waals surface area contributed by atoms with E-state index in [4.69, 9.17) is 4.52 Å². The standard InChI is InChI=1S/C8H6N2O3/c1-5-2-6(10(11)12)3-8-7(5)4-9-13-8/h2-4H,1H3. The Labute approximate surface area is 73.1 Å². The molecule has 0 unspecified atom stereocenters. The van der Waals surface area contributed by atoms with Crippen molar-refractivity contribution in [3.8, 4) is 0 Å². The molecule has 0 radical (unpaired) electrons. The van der Waals surface area contributed by atoms with Crippen LogP contribution >= 0.6 is 0 Å². The number of aryl methyl sites for hydroxylation is 1. The van der Waals surface area contributed by atoms with E-state index in [0.29, 0.717) is 5.58 Å². The number of rotatable bonds is 1. The SMILES string of the molecule is Cc1cc([N+](=O)[O-])cc2oncc12. The summed E-state index contributed by atoms with van der Waals surface area (Å²) in [6.07, 6.45) is 1.55. The monoisotopic (exact) mass is 178 g/mol. The van der Waals surface area contributed by atoms with Gasteiger partial charge in [-0.1, -0.05) is 5.16 Å². The fraction of sp³-hybridized carbons (Fsp3) is 0.125. The summed E-state index contributed by atoms with van der Waals surface area (Å²) >= 11 is 0. The third kappa shape index (κ3) is 1.14. The third-order valence-electron chi connectivity index (χ3n) is 1.88. The van der Waals surface area contributed by atoms with Crippen molar-refractivity contribution in [1.82, 2.24) is 5.16 Å². The fourth-order valence-electron chi connectivity index (χ4n) is 1.23. The summed E-state index contributed by atoms with van der Waals surface area (Å²) < 4.78 is 4.84. The van der Waals surface area contributed by atoms with E-state index < -0.39 is 4.92 Å².